The molecule has 1 aromatic carbocycles. The third-order valence-electron chi connectivity index (χ3n) is 2.56. The van der Waals surface area contributed by atoms with Gasteiger partial charge in [-0.15, -0.1) is 0 Å². The standard InChI is InChI=1S/C10H13N3O/c11-7-2-3-8-6(5-7)1-4-9(8)13-10(12)14/h2-3,5,9H,1,4,11H2,(H3,12,13,14). The second-order valence-electron chi connectivity index (χ2n) is 3.56. The van der Waals surface area contributed by atoms with E-state index in [0.717, 1.165) is 24.1 Å². The van der Waals surface area contributed by atoms with Crippen molar-refractivity contribution >= 4 is 11.7 Å². The quantitative estimate of drug-likeness (QED) is 0.577. The number of hydrogen-bond acceptors (Lipinski definition) is 2. The summed E-state index contributed by atoms with van der Waals surface area (Å²) in [6.07, 6.45) is 1.85. The maximum Gasteiger partial charge on any atom is 0.312 e. The highest BCUT2D eigenvalue weighted by atomic mass is 16.2. The number of fused-ring (bicyclic) bond motifs is 1. The SMILES string of the molecule is NC(=O)NC1CCc2cc(N)ccc21. The van der Waals surface area contributed by atoms with Gasteiger partial charge in [0.2, 0.25) is 0 Å². The van der Waals surface area contributed by atoms with E-state index in [2.05, 4.69) is 5.32 Å². The first-order valence-electron chi connectivity index (χ1n) is 4.61. The van der Waals surface area contributed by atoms with Crippen LogP contribution in [0.2, 0.25) is 0 Å². The van der Waals surface area contributed by atoms with Gasteiger partial charge in [-0.3, -0.25) is 0 Å². The summed E-state index contributed by atoms with van der Waals surface area (Å²) in [7, 11) is 0. The Morgan fingerprint density at radius 1 is 1.50 bits per heavy atom. The Morgan fingerprint density at radius 3 is 3.00 bits per heavy atom. The van der Waals surface area contributed by atoms with Crippen molar-refractivity contribution in [3.05, 3.63) is 29.3 Å². The average molecular weight is 191 g/mol. The van der Waals surface area contributed by atoms with Crippen molar-refractivity contribution in [3.8, 4) is 0 Å². The van der Waals surface area contributed by atoms with E-state index in [1.54, 1.807) is 0 Å². The first-order valence-corrected chi connectivity index (χ1v) is 4.61. The normalized spacial score (nSPS) is 19.0. The molecule has 1 aromatic rings. The lowest BCUT2D eigenvalue weighted by Crippen LogP contribution is -2.32. The Hall–Kier alpha value is -1.71. The zero-order valence-corrected chi connectivity index (χ0v) is 7.79. The number of urea groups is 1. The molecule has 74 valence electrons. The van der Waals surface area contributed by atoms with E-state index >= 15 is 0 Å². The van der Waals surface area contributed by atoms with E-state index in [4.69, 9.17) is 11.5 Å². The topological polar surface area (TPSA) is 81.1 Å². The zero-order valence-electron chi connectivity index (χ0n) is 7.79. The fourth-order valence-electron chi connectivity index (χ4n) is 1.96. The average Bonchev–Trinajstić information content (AvgIpc) is 2.47. The van der Waals surface area contributed by atoms with E-state index in [1.165, 1.54) is 5.56 Å². The van der Waals surface area contributed by atoms with Crippen molar-refractivity contribution in [2.75, 3.05) is 5.73 Å². The summed E-state index contributed by atoms with van der Waals surface area (Å²) in [5, 5.41) is 2.72. The molecular formula is C10H13N3O. The lowest BCUT2D eigenvalue weighted by molar-refractivity contribution is 0.245. The van der Waals surface area contributed by atoms with Gasteiger partial charge in [0.15, 0.2) is 0 Å². The minimum absolute atomic E-state index is 0.0584. The largest absolute Gasteiger partial charge is 0.399 e. The van der Waals surface area contributed by atoms with Crippen molar-refractivity contribution in [2.24, 2.45) is 5.73 Å². The van der Waals surface area contributed by atoms with Crippen molar-refractivity contribution < 1.29 is 4.79 Å². The second kappa shape index (κ2) is 3.21. The van der Waals surface area contributed by atoms with Crippen LogP contribution in [0, 0.1) is 0 Å². The number of amides is 2. The van der Waals surface area contributed by atoms with Crippen molar-refractivity contribution in [1.29, 1.82) is 0 Å². The predicted molar refractivity (Wildman–Crippen MR) is 54.6 cm³/mol. The highest BCUT2D eigenvalue weighted by Gasteiger charge is 2.22. The van der Waals surface area contributed by atoms with Gasteiger partial charge >= 0.3 is 6.03 Å². The molecule has 1 aliphatic rings. The van der Waals surface area contributed by atoms with Gasteiger partial charge in [0.05, 0.1) is 6.04 Å². The van der Waals surface area contributed by atoms with E-state index < -0.39 is 6.03 Å². The maximum atomic E-state index is 10.7. The highest BCUT2D eigenvalue weighted by molar-refractivity contribution is 5.72. The molecular weight excluding hydrogens is 178 g/mol. The van der Waals surface area contributed by atoms with Crippen LogP contribution in [0.25, 0.3) is 0 Å². The summed E-state index contributed by atoms with van der Waals surface area (Å²) in [4.78, 5) is 10.7. The number of anilines is 1. The second-order valence-corrected chi connectivity index (χ2v) is 3.56. The van der Waals surface area contributed by atoms with Crippen molar-refractivity contribution in [1.82, 2.24) is 5.32 Å². The summed E-state index contributed by atoms with van der Waals surface area (Å²) < 4.78 is 0. The summed E-state index contributed by atoms with van der Waals surface area (Å²) in [6, 6.07) is 5.35. The number of nitrogens with two attached hydrogens (primary N) is 2. The fourth-order valence-corrected chi connectivity index (χ4v) is 1.96. The van der Waals surface area contributed by atoms with Gasteiger partial charge in [-0.25, -0.2) is 4.79 Å². The lowest BCUT2D eigenvalue weighted by atomic mass is 10.1. The van der Waals surface area contributed by atoms with E-state index in [1.807, 2.05) is 18.2 Å². The molecule has 4 heteroatoms. The molecule has 1 aliphatic carbocycles. The van der Waals surface area contributed by atoms with Crippen LogP contribution in [0.1, 0.15) is 23.6 Å². The Balaban J connectivity index is 2.26. The molecule has 1 unspecified atom stereocenters. The van der Waals surface area contributed by atoms with Gasteiger partial charge in [0.25, 0.3) is 0 Å². The van der Waals surface area contributed by atoms with E-state index in [9.17, 15) is 4.79 Å². The first kappa shape index (κ1) is 8.87. The molecule has 0 heterocycles. The molecule has 0 saturated heterocycles. The van der Waals surface area contributed by atoms with Crippen LogP contribution in [0.15, 0.2) is 18.2 Å². The van der Waals surface area contributed by atoms with Crippen LogP contribution in [0.5, 0.6) is 0 Å². The molecule has 0 saturated carbocycles. The number of carbonyl (C=O) groups excluding carboxylic acids is 1. The summed E-state index contributed by atoms with van der Waals surface area (Å²) in [5.41, 5.74) is 13.9. The molecule has 4 nitrogen and oxygen atoms in total. The smallest absolute Gasteiger partial charge is 0.312 e. The monoisotopic (exact) mass is 191 g/mol. The number of nitrogen functional groups attached to an aromatic ring is 1. The maximum absolute atomic E-state index is 10.7. The van der Waals surface area contributed by atoms with E-state index in [0.29, 0.717) is 0 Å². The molecule has 14 heavy (non-hydrogen) atoms. The summed E-state index contributed by atoms with van der Waals surface area (Å²) in [5.74, 6) is 0. The molecule has 2 rings (SSSR count). The van der Waals surface area contributed by atoms with Gasteiger partial charge < -0.3 is 16.8 Å². The number of primary amides is 1. The number of nitrogens with one attached hydrogen (secondary N) is 1. The molecule has 0 aliphatic heterocycles. The van der Waals surface area contributed by atoms with Gasteiger partial charge in [0.1, 0.15) is 0 Å². The molecule has 0 fully saturated rings. The van der Waals surface area contributed by atoms with Crippen molar-refractivity contribution in [2.45, 2.75) is 18.9 Å². The number of rotatable bonds is 1. The van der Waals surface area contributed by atoms with Crippen molar-refractivity contribution in [3.63, 3.8) is 0 Å². The van der Waals surface area contributed by atoms with Crippen LogP contribution in [0.3, 0.4) is 0 Å². The zero-order chi connectivity index (χ0) is 10.1. The molecule has 0 radical (unpaired) electrons. The molecule has 0 spiro atoms. The first-order chi connectivity index (χ1) is 6.66. The Kier molecular flexibility index (Phi) is 2.04. The summed E-state index contributed by atoms with van der Waals surface area (Å²) in [6.45, 7) is 0. The van der Waals surface area contributed by atoms with Crippen LogP contribution in [0.4, 0.5) is 10.5 Å². The predicted octanol–water partition coefficient (Wildman–Crippen LogP) is 0.924. The van der Waals surface area contributed by atoms with Crippen LogP contribution < -0.4 is 16.8 Å². The van der Waals surface area contributed by atoms with Crippen LogP contribution >= 0.6 is 0 Å². The van der Waals surface area contributed by atoms with Crippen LogP contribution in [-0.4, -0.2) is 6.03 Å². The summed E-state index contributed by atoms with van der Waals surface area (Å²) >= 11 is 0. The van der Waals surface area contributed by atoms with Crippen LogP contribution in [-0.2, 0) is 6.42 Å². The third-order valence-corrected chi connectivity index (χ3v) is 2.56. The van der Waals surface area contributed by atoms with Gasteiger partial charge in [-0.2, -0.15) is 0 Å². The Labute approximate surface area is 82.3 Å². The molecule has 2 amide bonds. The minimum atomic E-state index is -0.473. The minimum Gasteiger partial charge on any atom is -0.399 e. The van der Waals surface area contributed by atoms with Gasteiger partial charge in [0, 0.05) is 5.69 Å². The molecule has 5 N–H and O–H groups in total. The number of hydrogen-bond donors (Lipinski definition) is 3. The Bertz CT molecular complexity index is 376. The van der Waals surface area contributed by atoms with Gasteiger partial charge in [-0.05, 0) is 36.1 Å². The molecule has 1 atom stereocenters. The fraction of sp³-hybridized carbons (Fsp3) is 0.300. The molecule has 0 aromatic heterocycles. The number of aryl methyl sites for hydroxylation is 1. The number of carbonyl (C=O) groups is 1. The van der Waals surface area contributed by atoms with Gasteiger partial charge in [-0.1, -0.05) is 6.07 Å². The highest BCUT2D eigenvalue weighted by Crippen LogP contribution is 2.31. The lowest BCUT2D eigenvalue weighted by Gasteiger charge is -2.11. The van der Waals surface area contributed by atoms with E-state index in [-0.39, 0.29) is 6.04 Å². The third kappa shape index (κ3) is 1.51. The Morgan fingerprint density at radius 2 is 2.29 bits per heavy atom. The number of benzene rings is 1. The molecule has 0 bridgehead atoms.